The Balaban J connectivity index is 2.02. The number of hydrogen-bond acceptors (Lipinski definition) is 3. The molecule has 0 aliphatic heterocycles. The second kappa shape index (κ2) is 7.25. The standard InChI is InChI=1S/C18H23NO2/c1-13-9-10-18(21-3)16(11-13)17(20)12-19-14(2)15-7-5-4-6-8-15/h4-11,14,17,19-20H,12H2,1-3H3. The number of aliphatic hydroxyl groups excluding tert-OH is 1. The summed E-state index contributed by atoms with van der Waals surface area (Å²) in [5.74, 6) is 0.724. The van der Waals surface area contributed by atoms with Crippen molar-refractivity contribution < 1.29 is 9.84 Å². The predicted octanol–water partition coefficient (Wildman–Crippen LogP) is 3.39. The molecule has 0 saturated carbocycles. The van der Waals surface area contributed by atoms with Crippen LogP contribution in [0.15, 0.2) is 48.5 Å². The number of ether oxygens (including phenoxy) is 1. The third-order valence-electron chi connectivity index (χ3n) is 3.66. The number of nitrogens with one attached hydrogen (secondary N) is 1. The van der Waals surface area contributed by atoms with Gasteiger partial charge in [0.15, 0.2) is 0 Å². The highest BCUT2D eigenvalue weighted by atomic mass is 16.5. The Kier molecular flexibility index (Phi) is 5.37. The lowest BCUT2D eigenvalue weighted by Crippen LogP contribution is -2.25. The Morgan fingerprint density at radius 2 is 1.86 bits per heavy atom. The quantitative estimate of drug-likeness (QED) is 0.855. The Morgan fingerprint density at radius 1 is 1.14 bits per heavy atom. The summed E-state index contributed by atoms with van der Waals surface area (Å²) >= 11 is 0. The first-order chi connectivity index (χ1) is 10.1. The molecule has 0 amide bonds. The smallest absolute Gasteiger partial charge is 0.124 e. The molecule has 0 aliphatic rings. The van der Waals surface area contributed by atoms with Crippen LogP contribution in [0.2, 0.25) is 0 Å². The van der Waals surface area contributed by atoms with Crippen LogP contribution in [0.3, 0.4) is 0 Å². The Bertz CT molecular complexity index is 569. The summed E-state index contributed by atoms with van der Waals surface area (Å²) in [6.07, 6.45) is -0.592. The number of methoxy groups -OCH3 is 1. The van der Waals surface area contributed by atoms with Gasteiger partial charge in [0.2, 0.25) is 0 Å². The van der Waals surface area contributed by atoms with Gasteiger partial charge in [-0.25, -0.2) is 0 Å². The summed E-state index contributed by atoms with van der Waals surface area (Å²) in [6, 6.07) is 16.2. The van der Waals surface area contributed by atoms with Crippen molar-refractivity contribution in [3.8, 4) is 5.75 Å². The molecule has 0 spiro atoms. The Labute approximate surface area is 126 Å². The first-order valence-electron chi connectivity index (χ1n) is 7.22. The van der Waals surface area contributed by atoms with Gasteiger partial charge in [0.1, 0.15) is 5.75 Å². The molecule has 2 unspecified atom stereocenters. The zero-order valence-corrected chi connectivity index (χ0v) is 12.8. The maximum Gasteiger partial charge on any atom is 0.124 e. The van der Waals surface area contributed by atoms with Crippen molar-refractivity contribution in [3.63, 3.8) is 0 Å². The van der Waals surface area contributed by atoms with Crippen molar-refractivity contribution in [1.29, 1.82) is 0 Å². The Hall–Kier alpha value is -1.84. The van der Waals surface area contributed by atoms with E-state index in [4.69, 9.17) is 4.74 Å². The third kappa shape index (κ3) is 4.06. The van der Waals surface area contributed by atoms with E-state index in [1.165, 1.54) is 5.56 Å². The van der Waals surface area contributed by atoms with Crippen molar-refractivity contribution in [2.75, 3.05) is 13.7 Å². The molecule has 2 N–H and O–H groups in total. The van der Waals surface area contributed by atoms with E-state index >= 15 is 0 Å². The lowest BCUT2D eigenvalue weighted by Gasteiger charge is -2.19. The van der Waals surface area contributed by atoms with E-state index in [1.807, 2.05) is 43.3 Å². The molecular formula is C18H23NO2. The van der Waals surface area contributed by atoms with Crippen LogP contribution in [0, 0.1) is 6.92 Å². The molecule has 2 atom stereocenters. The van der Waals surface area contributed by atoms with Gasteiger partial charge in [0, 0.05) is 18.2 Å². The summed E-state index contributed by atoms with van der Waals surface area (Å²) < 4.78 is 5.33. The van der Waals surface area contributed by atoms with Crippen molar-refractivity contribution >= 4 is 0 Å². The minimum Gasteiger partial charge on any atom is -0.496 e. The van der Waals surface area contributed by atoms with Crippen LogP contribution in [0.4, 0.5) is 0 Å². The molecule has 0 aliphatic carbocycles. The molecule has 112 valence electrons. The number of rotatable bonds is 6. The maximum atomic E-state index is 10.4. The molecule has 3 heteroatoms. The fourth-order valence-corrected chi connectivity index (χ4v) is 2.37. The SMILES string of the molecule is COc1ccc(C)cc1C(O)CNC(C)c1ccccc1. The van der Waals surface area contributed by atoms with E-state index in [9.17, 15) is 5.11 Å². The molecule has 0 fully saturated rings. The van der Waals surface area contributed by atoms with Crippen LogP contribution >= 0.6 is 0 Å². The fraction of sp³-hybridized carbons (Fsp3) is 0.333. The van der Waals surface area contributed by atoms with Crippen molar-refractivity contribution in [3.05, 3.63) is 65.2 Å². The minimum atomic E-state index is -0.592. The second-order valence-corrected chi connectivity index (χ2v) is 5.30. The average molecular weight is 285 g/mol. The summed E-state index contributed by atoms with van der Waals surface area (Å²) in [4.78, 5) is 0. The average Bonchev–Trinajstić information content (AvgIpc) is 2.53. The van der Waals surface area contributed by atoms with Gasteiger partial charge >= 0.3 is 0 Å². The van der Waals surface area contributed by atoms with Gasteiger partial charge in [-0.1, -0.05) is 42.0 Å². The first kappa shape index (κ1) is 15.5. The van der Waals surface area contributed by atoms with Crippen LogP contribution in [0.5, 0.6) is 5.75 Å². The highest BCUT2D eigenvalue weighted by Gasteiger charge is 2.15. The van der Waals surface area contributed by atoms with Gasteiger partial charge in [0.05, 0.1) is 13.2 Å². The van der Waals surface area contributed by atoms with Crippen LogP contribution in [0.25, 0.3) is 0 Å². The van der Waals surface area contributed by atoms with Crippen molar-refractivity contribution in [2.45, 2.75) is 26.0 Å². The molecule has 2 aromatic carbocycles. The highest BCUT2D eigenvalue weighted by Crippen LogP contribution is 2.26. The predicted molar refractivity (Wildman–Crippen MR) is 85.6 cm³/mol. The van der Waals surface area contributed by atoms with Crippen LogP contribution < -0.4 is 10.1 Å². The molecule has 0 bridgehead atoms. The van der Waals surface area contributed by atoms with E-state index in [2.05, 4.69) is 24.4 Å². The molecular weight excluding hydrogens is 262 g/mol. The zero-order chi connectivity index (χ0) is 15.2. The van der Waals surface area contributed by atoms with Crippen LogP contribution in [-0.4, -0.2) is 18.8 Å². The van der Waals surface area contributed by atoms with E-state index < -0.39 is 6.10 Å². The maximum absolute atomic E-state index is 10.4. The first-order valence-corrected chi connectivity index (χ1v) is 7.22. The number of hydrogen-bond donors (Lipinski definition) is 2. The van der Waals surface area contributed by atoms with E-state index in [0.29, 0.717) is 6.54 Å². The topological polar surface area (TPSA) is 41.5 Å². The molecule has 0 saturated heterocycles. The lowest BCUT2D eigenvalue weighted by molar-refractivity contribution is 0.166. The van der Waals surface area contributed by atoms with Gasteiger partial charge in [-0.15, -0.1) is 0 Å². The number of aliphatic hydroxyl groups is 1. The third-order valence-corrected chi connectivity index (χ3v) is 3.66. The summed E-state index contributed by atoms with van der Waals surface area (Å²) in [5.41, 5.74) is 3.15. The van der Waals surface area contributed by atoms with Crippen LogP contribution in [0.1, 0.15) is 35.8 Å². The van der Waals surface area contributed by atoms with Gasteiger partial charge in [0.25, 0.3) is 0 Å². The van der Waals surface area contributed by atoms with Gasteiger partial charge in [-0.3, -0.25) is 0 Å². The zero-order valence-electron chi connectivity index (χ0n) is 12.8. The van der Waals surface area contributed by atoms with Gasteiger partial charge in [-0.2, -0.15) is 0 Å². The fourth-order valence-electron chi connectivity index (χ4n) is 2.37. The van der Waals surface area contributed by atoms with Gasteiger partial charge in [-0.05, 0) is 31.5 Å². The molecule has 3 nitrogen and oxygen atoms in total. The minimum absolute atomic E-state index is 0.191. The molecule has 2 rings (SSSR count). The lowest BCUT2D eigenvalue weighted by atomic mass is 10.0. The van der Waals surface area contributed by atoms with E-state index in [0.717, 1.165) is 16.9 Å². The largest absolute Gasteiger partial charge is 0.496 e. The van der Waals surface area contributed by atoms with E-state index in [1.54, 1.807) is 7.11 Å². The summed E-state index contributed by atoms with van der Waals surface area (Å²) in [5, 5.41) is 13.8. The Morgan fingerprint density at radius 3 is 2.52 bits per heavy atom. The number of benzene rings is 2. The number of aryl methyl sites for hydroxylation is 1. The van der Waals surface area contributed by atoms with E-state index in [-0.39, 0.29) is 6.04 Å². The molecule has 2 aromatic rings. The normalized spacial score (nSPS) is 13.7. The highest BCUT2D eigenvalue weighted by molar-refractivity contribution is 5.38. The molecule has 0 heterocycles. The monoisotopic (exact) mass is 285 g/mol. The second-order valence-electron chi connectivity index (χ2n) is 5.30. The summed E-state index contributed by atoms with van der Waals surface area (Å²) in [6.45, 7) is 4.58. The molecule has 21 heavy (non-hydrogen) atoms. The van der Waals surface area contributed by atoms with Crippen molar-refractivity contribution in [1.82, 2.24) is 5.32 Å². The summed E-state index contributed by atoms with van der Waals surface area (Å²) in [7, 11) is 1.63. The van der Waals surface area contributed by atoms with Crippen LogP contribution in [-0.2, 0) is 0 Å². The molecule has 0 radical (unpaired) electrons. The molecule has 0 aromatic heterocycles. The van der Waals surface area contributed by atoms with Gasteiger partial charge < -0.3 is 15.2 Å². The van der Waals surface area contributed by atoms with Crippen molar-refractivity contribution in [2.24, 2.45) is 0 Å².